The van der Waals surface area contributed by atoms with E-state index in [9.17, 15) is 9.18 Å². The Hall–Kier alpha value is -2.73. The minimum atomic E-state index is -0.446. The standard InChI is InChI=1S/C19H17FN2O2S/c1-3-24-16-9-7-13(8-10-16)17-12(2)25-19(21-17)22-18(23)14-5-4-6-15(20)11-14/h4-11H,3H2,1-2H3,(H,21,22,23). The van der Waals surface area contributed by atoms with Gasteiger partial charge in [-0.3, -0.25) is 10.1 Å². The number of aromatic nitrogens is 1. The number of amides is 1. The van der Waals surface area contributed by atoms with Crippen molar-refractivity contribution in [3.8, 4) is 17.0 Å². The van der Waals surface area contributed by atoms with Crippen molar-refractivity contribution in [3.05, 3.63) is 64.8 Å². The van der Waals surface area contributed by atoms with Crippen molar-refractivity contribution in [2.45, 2.75) is 13.8 Å². The van der Waals surface area contributed by atoms with Crippen molar-refractivity contribution in [2.24, 2.45) is 0 Å². The Kier molecular flexibility index (Phi) is 5.09. The number of nitrogens with zero attached hydrogens (tertiary/aromatic N) is 1. The number of nitrogens with one attached hydrogen (secondary N) is 1. The van der Waals surface area contributed by atoms with Gasteiger partial charge < -0.3 is 4.74 Å². The van der Waals surface area contributed by atoms with Gasteiger partial charge in [0.2, 0.25) is 0 Å². The summed E-state index contributed by atoms with van der Waals surface area (Å²) in [5.41, 5.74) is 2.02. The van der Waals surface area contributed by atoms with Crippen LogP contribution in [0.15, 0.2) is 48.5 Å². The molecule has 0 fully saturated rings. The van der Waals surface area contributed by atoms with Gasteiger partial charge >= 0.3 is 0 Å². The minimum Gasteiger partial charge on any atom is -0.494 e. The molecule has 1 aromatic heterocycles. The number of benzene rings is 2. The summed E-state index contributed by atoms with van der Waals surface area (Å²) < 4.78 is 18.7. The number of anilines is 1. The Morgan fingerprint density at radius 1 is 1.24 bits per heavy atom. The molecule has 0 saturated heterocycles. The zero-order valence-electron chi connectivity index (χ0n) is 13.9. The maximum absolute atomic E-state index is 13.2. The normalized spacial score (nSPS) is 10.5. The van der Waals surface area contributed by atoms with Gasteiger partial charge in [-0.05, 0) is 56.3 Å². The molecule has 0 atom stereocenters. The highest BCUT2D eigenvalue weighted by Gasteiger charge is 2.13. The van der Waals surface area contributed by atoms with Crippen LogP contribution in [0.4, 0.5) is 9.52 Å². The first kappa shape index (κ1) is 17.1. The van der Waals surface area contributed by atoms with Gasteiger partial charge in [0, 0.05) is 16.0 Å². The second-order valence-electron chi connectivity index (χ2n) is 5.35. The van der Waals surface area contributed by atoms with E-state index in [1.807, 2.05) is 38.1 Å². The highest BCUT2D eigenvalue weighted by Crippen LogP contribution is 2.31. The van der Waals surface area contributed by atoms with E-state index in [1.54, 1.807) is 6.07 Å². The first-order valence-electron chi connectivity index (χ1n) is 7.84. The number of rotatable bonds is 5. The third-order valence-corrected chi connectivity index (χ3v) is 4.43. The lowest BCUT2D eigenvalue weighted by molar-refractivity contribution is 0.102. The molecule has 3 rings (SSSR count). The Bertz CT molecular complexity index is 891. The Balaban J connectivity index is 1.79. The average molecular weight is 356 g/mol. The van der Waals surface area contributed by atoms with Crippen molar-refractivity contribution in [1.29, 1.82) is 0 Å². The lowest BCUT2D eigenvalue weighted by atomic mass is 10.1. The molecule has 6 heteroatoms. The number of thiazole rings is 1. The van der Waals surface area contributed by atoms with E-state index in [0.29, 0.717) is 11.7 Å². The molecule has 0 bridgehead atoms. The Morgan fingerprint density at radius 2 is 2.00 bits per heavy atom. The van der Waals surface area contributed by atoms with Gasteiger partial charge in [-0.2, -0.15) is 0 Å². The third-order valence-electron chi connectivity index (χ3n) is 3.54. The number of ether oxygens (including phenoxy) is 1. The maximum Gasteiger partial charge on any atom is 0.257 e. The molecular weight excluding hydrogens is 339 g/mol. The fraction of sp³-hybridized carbons (Fsp3) is 0.158. The van der Waals surface area contributed by atoms with Crippen LogP contribution in [-0.2, 0) is 0 Å². The zero-order valence-corrected chi connectivity index (χ0v) is 14.7. The molecule has 4 nitrogen and oxygen atoms in total. The molecule has 2 aromatic carbocycles. The maximum atomic E-state index is 13.2. The fourth-order valence-corrected chi connectivity index (χ4v) is 3.22. The van der Waals surface area contributed by atoms with Crippen LogP contribution in [0.2, 0.25) is 0 Å². The molecule has 0 radical (unpaired) electrons. The van der Waals surface area contributed by atoms with Gasteiger partial charge in [0.05, 0.1) is 12.3 Å². The summed E-state index contributed by atoms with van der Waals surface area (Å²) in [6.07, 6.45) is 0. The van der Waals surface area contributed by atoms with E-state index < -0.39 is 5.82 Å². The molecule has 25 heavy (non-hydrogen) atoms. The van der Waals surface area contributed by atoms with E-state index in [0.717, 1.165) is 21.9 Å². The summed E-state index contributed by atoms with van der Waals surface area (Å²) >= 11 is 1.38. The van der Waals surface area contributed by atoms with E-state index in [1.165, 1.54) is 29.5 Å². The minimum absolute atomic E-state index is 0.260. The van der Waals surface area contributed by atoms with Crippen molar-refractivity contribution >= 4 is 22.4 Å². The number of hydrogen-bond acceptors (Lipinski definition) is 4. The van der Waals surface area contributed by atoms with Gasteiger partial charge in [0.25, 0.3) is 5.91 Å². The van der Waals surface area contributed by atoms with E-state index >= 15 is 0 Å². The van der Waals surface area contributed by atoms with Gasteiger partial charge in [-0.25, -0.2) is 9.37 Å². The van der Waals surface area contributed by atoms with E-state index in [4.69, 9.17) is 4.74 Å². The molecule has 0 aliphatic rings. The SMILES string of the molecule is CCOc1ccc(-c2nc(NC(=O)c3cccc(F)c3)sc2C)cc1. The highest BCUT2D eigenvalue weighted by atomic mass is 32.1. The monoisotopic (exact) mass is 356 g/mol. The second kappa shape index (κ2) is 7.44. The Morgan fingerprint density at radius 3 is 2.68 bits per heavy atom. The topological polar surface area (TPSA) is 51.2 Å². The van der Waals surface area contributed by atoms with Crippen LogP contribution < -0.4 is 10.1 Å². The van der Waals surface area contributed by atoms with E-state index in [2.05, 4.69) is 10.3 Å². The molecule has 3 aromatic rings. The lowest BCUT2D eigenvalue weighted by Crippen LogP contribution is -2.11. The number of carbonyl (C=O) groups is 1. The predicted molar refractivity (Wildman–Crippen MR) is 97.8 cm³/mol. The lowest BCUT2D eigenvalue weighted by Gasteiger charge is -2.04. The van der Waals surface area contributed by atoms with Crippen molar-refractivity contribution in [3.63, 3.8) is 0 Å². The van der Waals surface area contributed by atoms with Crippen molar-refractivity contribution in [2.75, 3.05) is 11.9 Å². The summed E-state index contributed by atoms with van der Waals surface area (Å²) in [7, 11) is 0. The van der Waals surface area contributed by atoms with Crippen molar-refractivity contribution in [1.82, 2.24) is 4.98 Å². The van der Waals surface area contributed by atoms with Gasteiger partial charge in [-0.15, -0.1) is 11.3 Å². The van der Waals surface area contributed by atoms with Crippen LogP contribution in [0.3, 0.4) is 0 Å². The number of halogens is 1. The summed E-state index contributed by atoms with van der Waals surface area (Å²) in [5.74, 6) is -0.0247. The third kappa shape index (κ3) is 4.03. The van der Waals surface area contributed by atoms with Crippen LogP contribution in [0, 0.1) is 12.7 Å². The molecule has 0 aliphatic carbocycles. The van der Waals surface area contributed by atoms with Crippen molar-refractivity contribution < 1.29 is 13.9 Å². The quantitative estimate of drug-likeness (QED) is 0.707. The molecule has 1 amide bonds. The fourth-order valence-electron chi connectivity index (χ4n) is 2.39. The first-order chi connectivity index (χ1) is 12.1. The molecule has 1 N–H and O–H groups in total. The molecule has 128 valence electrons. The molecular formula is C19H17FN2O2S. The largest absolute Gasteiger partial charge is 0.494 e. The Labute approximate surface area is 149 Å². The van der Waals surface area contributed by atoms with Gasteiger partial charge in [0.1, 0.15) is 11.6 Å². The van der Waals surface area contributed by atoms with Gasteiger partial charge in [-0.1, -0.05) is 6.07 Å². The number of aryl methyl sites for hydroxylation is 1. The van der Waals surface area contributed by atoms with Crippen LogP contribution in [0.1, 0.15) is 22.2 Å². The summed E-state index contributed by atoms with van der Waals surface area (Å²) in [5, 5.41) is 3.21. The zero-order chi connectivity index (χ0) is 17.8. The smallest absolute Gasteiger partial charge is 0.257 e. The average Bonchev–Trinajstić information content (AvgIpc) is 2.96. The predicted octanol–water partition coefficient (Wildman–Crippen LogP) is 4.91. The second-order valence-corrected chi connectivity index (χ2v) is 6.55. The van der Waals surface area contributed by atoms with E-state index in [-0.39, 0.29) is 11.5 Å². The molecule has 0 unspecified atom stereocenters. The van der Waals surface area contributed by atoms with Crippen LogP contribution in [-0.4, -0.2) is 17.5 Å². The number of hydrogen-bond donors (Lipinski definition) is 1. The summed E-state index contributed by atoms with van der Waals surface area (Å²) in [6.45, 7) is 4.50. The summed E-state index contributed by atoms with van der Waals surface area (Å²) in [6, 6.07) is 13.2. The van der Waals surface area contributed by atoms with Crippen LogP contribution in [0.5, 0.6) is 5.75 Å². The van der Waals surface area contributed by atoms with Gasteiger partial charge in [0.15, 0.2) is 5.13 Å². The van der Waals surface area contributed by atoms with Crippen LogP contribution >= 0.6 is 11.3 Å². The van der Waals surface area contributed by atoms with Crippen LogP contribution in [0.25, 0.3) is 11.3 Å². The number of carbonyl (C=O) groups excluding carboxylic acids is 1. The molecule has 1 heterocycles. The molecule has 0 saturated carbocycles. The molecule has 0 aliphatic heterocycles. The molecule has 0 spiro atoms. The first-order valence-corrected chi connectivity index (χ1v) is 8.66. The summed E-state index contributed by atoms with van der Waals surface area (Å²) in [4.78, 5) is 17.7. The highest BCUT2D eigenvalue weighted by molar-refractivity contribution is 7.16.